The standard InChI is InChI=1S/C24H22BF2N3O/c1-3-31-22-13-7-18(8-14-22)6-9-19-10-11-21(30(19)25(26)27)17-20-12-15-24(29(20)2)23-5-4-16-28-23/h4-17H,3H2,1-2H3/p+1/b9-6+. The molecule has 0 spiro atoms. The summed E-state index contributed by atoms with van der Waals surface area (Å²) < 4.78 is 36.2. The van der Waals surface area contributed by atoms with Gasteiger partial charge in [0.2, 0.25) is 0 Å². The lowest BCUT2D eigenvalue weighted by Crippen LogP contribution is -2.23. The van der Waals surface area contributed by atoms with Crippen LogP contribution in [-0.2, 0) is 7.05 Å². The van der Waals surface area contributed by atoms with Crippen LogP contribution in [0.15, 0.2) is 78.7 Å². The summed E-state index contributed by atoms with van der Waals surface area (Å²) >= 11 is 0. The molecule has 0 atom stereocenters. The maximum Gasteiger partial charge on any atom is 0.935 e. The van der Waals surface area contributed by atoms with Crippen LogP contribution in [-0.4, -0.2) is 33.8 Å². The predicted octanol–water partition coefficient (Wildman–Crippen LogP) is 5.42. The Bertz CT molecular complexity index is 1170. The zero-order chi connectivity index (χ0) is 21.8. The van der Waals surface area contributed by atoms with Gasteiger partial charge < -0.3 is 14.3 Å². The fourth-order valence-electron chi connectivity index (χ4n) is 3.57. The van der Waals surface area contributed by atoms with Crippen molar-refractivity contribution in [1.82, 2.24) is 9.55 Å². The van der Waals surface area contributed by atoms with E-state index in [1.165, 1.54) is 0 Å². The van der Waals surface area contributed by atoms with Gasteiger partial charge in [-0.15, -0.1) is 0 Å². The molecule has 0 radical (unpaired) electrons. The number of hydrogen-bond donors (Lipinski definition) is 1. The van der Waals surface area contributed by atoms with Crippen molar-refractivity contribution in [2.75, 3.05) is 6.61 Å². The molecule has 31 heavy (non-hydrogen) atoms. The molecule has 1 N–H and O–H groups in total. The molecule has 0 saturated carbocycles. The second-order valence-corrected chi connectivity index (χ2v) is 7.10. The Balaban J connectivity index is 1.61. The lowest BCUT2D eigenvalue weighted by molar-refractivity contribution is -0.339. The van der Waals surface area contributed by atoms with E-state index in [9.17, 15) is 8.63 Å². The SMILES string of the molecule is CCOc1ccc(/C=C/C2=[N+](B(F)F)C(=C\c3ccc(-c4ccc[nH]4)n3C)/C=C2)cc1. The summed E-state index contributed by atoms with van der Waals surface area (Å²) in [5.41, 5.74) is 4.60. The summed E-state index contributed by atoms with van der Waals surface area (Å²) in [5, 5.41) is 0. The molecule has 3 aromatic rings. The fraction of sp³-hybridized carbons (Fsp3) is 0.125. The van der Waals surface area contributed by atoms with E-state index in [-0.39, 0.29) is 0 Å². The zero-order valence-corrected chi connectivity index (χ0v) is 17.4. The van der Waals surface area contributed by atoms with E-state index in [0.29, 0.717) is 18.0 Å². The van der Waals surface area contributed by atoms with Gasteiger partial charge in [0.15, 0.2) is 11.4 Å². The predicted molar refractivity (Wildman–Crippen MR) is 122 cm³/mol. The van der Waals surface area contributed by atoms with Crippen LogP contribution in [0.2, 0.25) is 0 Å². The number of aromatic amines is 1. The maximum absolute atomic E-state index is 13.9. The molecule has 156 valence electrons. The van der Waals surface area contributed by atoms with Gasteiger partial charge in [-0.3, -0.25) is 0 Å². The van der Waals surface area contributed by atoms with Gasteiger partial charge in [-0.1, -0.05) is 12.1 Å². The van der Waals surface area contributed by atoms with E-state index in [1.807, 2.05) is 79.3 Å². The maximum atomic E-state index is 13.9. The molecule has 0 saturated heterocycles. The number of benzene rings is 1. The summed E-state index contributed by atoms with van der Waals surface area (Å²) in [6, 6.07) is 15.3. The molecule has 4 nitrogen and oxygen atoms in total. The quantitative estimate of drug-likeness (QED) is 0.511. The minimum Gasteiger partial charge on any atom is -0.494 e. The van der Waals surface area contributed by atoms with Gasteiger partial charge in [0.1, 0.15) is 5.75 Å². The van der Waals surface area contributed by atoms with E-state index >= 15 is 0 Å². The molecule has 4 rings (SSSR count). The van der Waals surface area contributed by atoms with Gasteiger partial charge >= 0.3 is 7.40 Å². The van der Waals surface area contributed by atoms with E-state index in [2.05, 4.69) is 4.98 Å². The first kappa shape index (κ1) is 20.7. The molecule has 1 aromatic carbocycles. The van der Waals surface area contributed by atoms with Crippen LogP contribution in [0, 0.1) is 0 Å². The van der Waals surface area contributed by atoms with Crippen molar-refractivity contribution in [3.05, 3.63) is 89.9 Å². The Morgan fingerprint density at radius 1 is 1.06 bits per heavy atom. The Morgan fingerprint density at radius 3 is 2.55 bits per heavy atom. The number of rotatable bonds is 7. The monoisotopic (exact) mass is 418 g/mol. The highest BCUT2D eigenvalue weighted by Crippen LogP contribution is 2.23. The van der Waals surface area contributed by atoms with Crippen molar-refractivity contribution in [2.24, 2.45) is 7.05 Å². The minimum absolute atomic E-state index is 0.439. The van der Waals surface area contributed by atoms with Crippen LogP contribution in [0.4, 0.5) is 8.63 Å². The average molecular weight is 418 g/mol. The second kappa shape index (κ2) is 9.04. The number of H-pyrrole nitrogens is 1. The molecule has 0 unspecified atom stereocenters. The van der Waals surface area contributed by atoms with E-state index in [1.54, 1.807) is 24.3 Å². The van der Waals surface area contributed by atoms with Crippen LogP contribution in [0.1, 0.15) is 18.2 Å². The third-order valence-corrected chi connectivity index (χ3v) is 5.14. The van der Waals surface area contributed by atoms with E-state index in [4.69, 9.17) is 4.74 Å². The van der Waals surface area contributed by atoms with Gasteiger partial charge in [0, 0.05) is 43.2 Å². The molecular formula is C24H23BF2N3O+. The largest absolute Gasteiger partial charge is 0.935 e. The molecule has 3 heterocycles. The number of halogens is 2. The summed E-state index contributed by atoms with van der Waals surface area (Å²) in [4.78, 5) is 3.17. The number of aromatic nitrogens is 2. The van der Waals surface area contributed by atoms with Crippen molar-refractivity contribution in [1.29, 1.82) is 0 Å². The van der Waals surface area contributed by atoms with Crippen molar-refractivity contribution < 1.29 is 17.9 Å². The van der Waals surface area contributed by atoms with Crippen LogP contribution >= 0.6 is 0 Å². The first-order valence-corrected chi connectivity index (χ1v) is 10.1. The van der Waals surface area contributed by atoms with Gasteiger partial charge in [-0.05, 0) is 55.0 Å². The van der Waals surface area contributed by atoms with E-state index in [0.717, 1.165) is 32.9 Å². The minimum atomic E-state index is -2.65. The molecule has 1 aliphatic rings. The smallest absolute Gasteiger partial charge is 0.494 e. The van der Waals surface area contributed by atoms with Crippen molar-refractivity contribution in [2.45, 2.75) is 6.92 Å². The topological polar surface area (TPSA) is 33.0 Å². The molecule has 0 bridgehead atoms. The number of nitrogens with one attached hydrogen (secondary N) is 1. The first-order valence-electron chi connectivity index (χ1n) is 10.1. The highest BCUT2D eigenvalue weighted by molar-refractivity contribution is 6.35. The molecule has 1 aliphatic heterocycles. The summed E-state index contributed by atoms with van der Waals surface area (Å²) in [6.07, 6.45) is 10.6. The molecule has 7 heteroatoms. The highest BCUT2D eigenvalue weighted by atomic mass is 19.2. The lowest BCUT2D eigenvalue weighted by atomic mass is 10.1. The molecule has 0 amide bonds. The summed E-state index contributed by atoms with van der Waals surface area (Å²) in [6.45, 7) is 2.53. The van der Waals surface area contributed by atoms with Crippen LogP contribution in [0.3, 0.4) is 0 Å². The molecule has 0 aliphatic carbocycles. The Morgan fingerprint density at radius 2 is 1.87 bits per heavy atom. The third-order valence-electron chi connectivity index (χ3n) is 5.14. The molecule has 2 aromatic heterocycles. The Labute approximate surface area is 180 Å². The summed E-state index contributed by atoms with van der Waals surface area (Å²) in [5.74, 6) is 0.786. The molecule has 0 fully saturated rings. The van der Waals surface area contributed by atoms with Crippen LogP contribution in [0.25, 0.3) is 23.5 Å². The van der Waals surface area contributed by atoms with E-state index < -0.39 is 7.40 Å². The number of hydrogen-bond acceptors (Lipinski definition) is 1. The van der Waals surface area contributed by atoms with Crippen molar-refractivity contribution in [3.8, 4) is 17.1 Å². The van der Waals surface area contributed by atoms with Crippen molar-refractivity contribution in [3.63, 3.8) is 0 Å². The van der Waals surface area contributed by atoms with Gasteiger partial charge in [0.05, 0.1) is 18.0 Å². The average Bonchev–Trinajstić information content (AvgIpc) is 3.49. The Kier molecular flexibility index (Phi) is 6.02. The molecular weight excluding hydrogens is 395 g/mol. The fourth-order valence-corrected chi connectivity index (χ4v) is 3.57. The zero-order valence-electron chi connectivity index (χ0n) is 17.4. The highest BCUT2D eigenvalue weighted by Gasteiger charge is 2.41. The normalized spacial score (nSPS) is 14.9. The third kappa shape index (κ3) is 4.45. The second-order valence-electron chi connectivity index (χ2n) is 7.10. The summed E-state index contributed by atoms with van der Waals surface area (Å²) in [7, 11) is -0.728. The number of nitrogens with zero attached hydrogens (tertiary/aromatic N) is 2. The van der Waals surface area contributed by atoms with Gasteiger partial charge in [-0.25, -0.2) is 13.1 Å². The lowest BCUT2D eigenvalue weighted by Gasteiger charge is -2.04. The number of ether oxygens (including phenoxy) is 1. The van der Waals surface area contributed by atoms with Crippen LogP contribution < -0.4 is 4.74 Å². The van der Waals surface area contributed by atoms with Crippen molar-refractivity contribution >= 4 is 25.3 Å². The first-order chi connectivity index (χ1) is 15.1. The number of allylic oxidation sites excluding steroid dienone is 3. The van der Waals surface area contributed by atoms with Gasteiger partial charge in [0.25, 0.3) is 0 Å². The van der Waals surface area contributed by atoms with Crippen LogP contribution in [0.5, 0.6) is 5.75 Å². The Hall–Kier alpha value is -3.61. The van der Waals surface area contributed by atoms with Gasteiger partial charge in [-0.2, -0.15) is 0 Å².